The van der Waals surface area contributed by atoms with E-state index in [4.69, 9.17) is 9.84 Å². The number of carbonyl (C=O) groups excluding carboxylic acids is 3. The van der Waals surface area contributed by atoms with Crippen LogP contribution >= 0.6 is 0 Å². The zero-order valence-electron chi connectivity index (χ0n) is 21.8. The van der Waals surface area contributed by atoms with E-state index in [-0.39, 0.29) is 24.2 Å². The predicted octanol–water partition coefficient (Wildman–Crippen LogP) is 2.68. The van der Waals surface area contributed by atoms with Crippen LogP contribution in [0.2, 0.25) is 0 Å². The third-order valence-electron chi connectivity index (χ3n) is 8.11. The first-order valence-electron chi connectivity index (χ1n) is 12.3. The SMILES string of the molecule is CC=CCCC(=O)C1CC(C)(O)C2(O)OC3(C)C(=O)C(C)=C(O)C(=C(O)C=CC=CCO)C3C2(C)C1=O. The average molecular weight is 517 g/mol. The van der Waals surface area contributed by atoms with Gasteiger partial charge in [-0.1, -0.05) is 30.4 Å². The topological polar surface area (TPSA) is 162 Å². The van der Waals surface area contributed by atoms with Crippen LogP contribution in [-0.2, 0) is 19.1 Å². The van der Waals surface area contributed by atoms with Crippen LogP contribution < -0.4 is 0 Å². The monoisotopic (exact) mass is 516 g/mol. The van der Waals surface area contributed by atoms with E-state index in [0.717, 1.165) is 0 Å². The van der Waals surface area contributed by atoms with Crippen molar-refractivity contribution in [1.82, 2.24) is 0 Å². The van der Waals surface area contributed by atoms with Crippen LogP contribution in [0, 0.1) is 17.3 Å². The summed E-state index contributed by atoms with van der Waals surface area (Å²) in [6.07, 6.45) is 8.98. The van der Waals surface area contributed by atoms with Crippen molar-refractivity contribution in [2.24, 2.45) is 17.3 Å². The lowest BCUT2D eigenvalue weighted by Crippen LogP contribution is -2.70. The van der Waals surface area contributed by atoms with Crippen LogP contribution in [0.3, 0.4) is 0 Å². The lowest BCUT2D eigenvalue weighted by atomic mass is 9.51. The van der Waals surface area contributed by atoms with Gasteiger partial charge >= 0.3 is 0 Å². The summed E-state index contributed by atoms with van der Waals surface area (Å²) < 4.78 is 5.97. The van der Waals surface area contributed by atoms with Gasteiger partial charge in [-0.05, 0) is 53.5 Å². The van der Waals surface area contributed by atoms with Gasteiger partial charge in [-0.25, -0.2) is 0 Å². The molecule has 2 aliphatic carbocycles. The van der Waals surface area contributed by atoms with E-state index in [2.05, 4.69) is 0 Å². The van der Waals surface area contributed by atoms with E-state index >= 15 is 0 Å². The highest BCUT2D eigenvalue weighted by molar-refractivity contribution is 6.10. The highest BCUT2D eigenvalue weighted by atomic mass is 16.7. The molecule has 0 radical (unpaired) electrons. The Kier molecular flexibility index (Phi) is 7.60. The van der Waals surface area contributed by atoms with E-state index in [0.29, 0.717) is 6.42 Å². The Bertz CT molecular complexity index is 1150. The van der Waals surface area contributed by atoms with E-state index in [1.54, 1.807) is 19.1 Å². The number of aliphatic hydroxyl groups is 5. The fraction of sp³-hybridized carbons (Fsp3) is 0.536. The average Bonchev–Trinajstić information content (AvgIpc) is 3.04. The van der Waals surface area contributed by atoms with Gasteiger partial charge in [0.2, 0.25) is 5.79 Å². The van der Waals surface area contributed by atoms with Crippen molar-refractivity contribution in [3.8, 4) is 0 Å². The van der Waals surface area contributed by atoms with Gasteiger partial charge in [-0.2, -0.15) is 0 Å². The molecule has 1 saturated heterocycles. The summed E-state index contributed by atoms with van der Waals surface area (Å²) in [4.78, 5) is 40.7. The first-order chi connectivity index (χ1) is 17.2. The van der Waals surface area contributed by atoms with Gasteiger partial charge in [-0.15, -0.1) is 0 Å². The molecule has 0 spiro atoms. The minimum absolute atomic E-state index is 0.0329. The highest BCUT2D eigenvalue weighted by Crippen LogP contribution is 2.67. The molecule has 2 fully saturated rings. The quantitative estimate of drug-likeness (QED) is 0.148. The zero-order valence-corrected chi connectivity index (χ0v) is 21.8. The van der Waals surface area contributed by atoms with Crippen molar-refractivity contribution in [3.05, 3.63) is 59.1 Å². The number of hydrogen-bond donors (Lipinski definition) is 5. The Morgan fingerprint density at radius 1 is 1.14 bits per heavy atom. The molecule has 5 N–H and O–H groups in total. The molecular weight excluding hydrogens is 480 g/mol. The van der Waals surface area contributed by atoms with Gasteiger partial charge in [0.25, 0.3) is 0 Å². The van der Waals surface area contributed by atoms with E-state index in [9.17, 15) is 34.8 Å². The van der Waals surface area contributed by atoms with E-state index in [1.165, 1.54) is 52.0 Å². The number of Topliss-reactive ketones (excluding diaryl/α,β-unsaturated/α-hetero) is 3. The number of aliphatic hydroxyl groups excluding tert-OH is 3. The molecule has 1 heterocycles. The zero-order chi connectivity index (χ0) is 28.0. The maximum atomic E-state index is 14.1. The molecule has 0 amide bonds. The molecule has 37 heavy (non-hydrogen) atoms. The third-order valence-corrected chi connectivity index (χ3v) is 8.11. The van der Waals surface area contributed by atoms with Gasteiger partial charge in [-0.3, -0.25) is 14.4 Å². The Labute approximate surface area is 216 Å². The van der Waals surface area contributed by atoms with Gasteiger partial charge in [0.05, 0.1) is 17.9 Å². The summed E-state index contributed by atoms with van der Waals surface area (Å²) in [5, 5.41) is 54.4. The minimum Gasteiger partial charge on any atom is -0.508 e. The molecule has 0 aromatic heterocycles. The first-order valence-corrected chi connectivity index (χ1v) is 12.3. The Morgan fingerprint density at radius 3 is 2.38 bits per heavy atom. The van der Waals surface area contributed by atoms with Crippen LogP contribution in [0.1, 0.15) is 53.9 Å². The predicted molar refractivity (Wildman–Crippen MR) is 134 cm³/mol. The normalized spacial score (nSPS) is 39.7. The Balaban J connectivity index is 2.28. The van der Waals surface area contributed by atoms with Gasteiger partial charge < -0.3 is 30.3 Å². The second-order valence-corrected chi connectivity index (χ2v) is 10.5. The van der Waals surface area contributed by atoms with Crippen molar-refractivity contribution < 1.29 is 44.7 Å². The molecule has 6 unspecified atom stereocenters. The molecule has 0 bridgehead atoms. The summed E-state index contributed by atoms with van der Waals surface area (Å²) >= 11 is 0. The second-order valence-electron chi connectivity index (χ2n) is 10.5. The maximum Gasteiger partial charge on any atom is 0.209 e. The fourth-order valence-corrected chi connectivity index (χ4v) is 6.22. The number of hydrogen-bond acceptors (Lipinski definition) is 9. The van der Waals surface area contributed by atoms with Crippen molar-refractivity contribution in [3.63, 3.8) is 0 Å². The number of allylic oxidation sites excluding steroid dienone is 6. The number of fused-ring (bicyclic) bond motifs is 3. The molecule has 3 aliphatic rings. The van der Waals surface area contributed by atoms with Gasteiger partial charge in [0.1, 0.15) is 28.5 Å². The van der Waals surface area contributed by atoms with Gasteiger partial charge in [0, 0.05) is 23.5 Å². The Morgan fingerprint density at radius 2 is 1.78 bits per heavy atom. The van der Waals surface area contributed by atoms with Crippen molar-refractivity contribution in [1.29, 1.82) is 0 Å². The van der Waals surface area contributed by atoms with Crippen LogP contribution in [0.4, 0.5) is 0 Å². The number of ketones is 3. The lowest BCUT2D eigenvalue weighted by molar-refractivity contribution is -0.333. The third kappa shape index (κ3) is 4.05. The van der Waals surface area contributed by atoms with Crippen LogP contribution in [-0.4, -0.2) is 66.5 Å². The molecule has 6 atom stereocenters. The second kappa shape index (κ2) is 9.79. The van der Waals surface area contributed by atoms with Crippen LogP contribution in [0.5, 0.6) is 0 Å². The summed E-state index contributed by atoms with van der Waals surface area (Å²) in [5.74, 6) is -8.35. The molecule has 9 heteroatoms. The molecule has 1 aliphatic heterocycles. The Hall–Kier alpha value is -2.85. The van der Waals surface area contributed by atoms with Crippen molar-refractivity contribution in [2.75, 3.05) is 6.61 Å². The van der Waals surface area contributed by atoms with Crippen LogP contribution in [0.25, 0.3) is 0 Å². The van der Waals surface area contributed by atoms with E-state index < -0.39 is 69.5 Å². The molecule has 202 valence electrons. The molecule has 9 nitrogen and oxygen atoms in total. The molecular formula is C28H36O9. The summed E-state index contributed by atoms with van der Waals surface area (Å²) in [7, 11) is 0. The standard InChI is InChI=1S/C28H36O9/c1-6-7-9-12-18(30)17-15-25(3,35)28(36)26(4,24(17)34)22-20(19(31)13-10-8-11-14-29)21(32)16(2)23(33)27(22,5)37-28/h6-8,10-11,13,17,22,29,31-32,35-36H,9,12,14-15H2,1-5H3. The molecule has 1 saturated carbocycles. The van der Waals surface area contributed by atoms with Crippen molar-refractivity contribution >= 4 is 17.3 Å². The van der Waals surface area contributed by atoms with Gasteiger partial charge in [0.15, 0.2) is 11.6 Å². The van der Waals surface area contributed by atoms with E-state index in [1.807, 2.05) is 0 Å². The number of ether oxygens (including phenoxy) is 1. The maximum absolute atomic E-state index is 14.1. The lowest BCUT2D eigenvalue weighted by Gasteiger charge is -2.53. The molecule has 0 aromatic carbocycles. The summed E-state index contributed by atoms with van der Waals surface area (Å²) in [5.41, 5.74) is -6.58. The molecule has 0 aromatic rings. The number of carbonyl (C=O) groups is 3. The highest BCUT2D eigenvalue weighted by Gasteiger charge is 2.82. The molecule has 3 rings (SSSR count). The largest absolute Gasteiger partial charge is 0.508 e. The summed E-state index contributed by atoms with van der Waals surface area (Å²) in [6.45, 7) is 6.77. The first kappa shape index (κ1) is 28.7. The summed E-state index contributed by atoms with van der Waals surface area (Å²) in [6, 6.07) is 0. The van der Waals surface area contributed by atoms with Crippen molar-refractivity contribution in [2.45, 2.75) is 70.9 Å². The number of rotatable bonds is 7. The fourth-order valence-electron chi connectivity index (χ4n) is 6.22. The smallest absolute Gasteiger partial charge is 0.209 e. The van der Waals surface area contributed by atoms with Crippen LogP contribution in [0.15, 0.2) is 59.1 Å². The minimum atomic E-state index is -2.62.